The molecule has 0 aliphatic carbocycles. The number of fused-ring (bicyclic) bond motifs is 1. The van der Waals surface area contributed by atoms with Crippen LogP contribution in [0.2, 0.25) is 0 Å². The number of nitrogens with two attached hydrogens (primary N) is 1. The van der Waals surface area contributed by atoms with E-state index in [4.69, 9.17) is 10.8 Å². The largest absolute Gasteiger partial charge is 0.480 e. The summed E-state index contributed by atoms with van der Waals surface area (Å²) in [6, 6.07) is -1.19. The zero-order valence-corrected chi connectivity index (χ0v) is 11.9. The SMILES string of the molecule is NC(=O)CC[C@H](NC(=O)CNc1ncnc2nc[nH]c12)C(=O)O. The highest BCUT2D eigenvalue weighted by Crippen LogP contribution is 2.13. The van der Waals surface area contributed by atoms with Gasteiger partial charge in [-0.15, -0.1) is 0 Å². The number of carboxylic acid groups (broad SMARTS) is 1. The fourth-order valence-electron chi connectivity index (χ4n) is 1.85. The molecule has 2 rings (SSSR count). The van der Waals surface area contributed by atoms with Crippen LogP contribution in [-0.4, -0.2) is 55.4 Å². The summed E-state index contributed by atoms with van der Waals surface area (Å²) >= 11 is 0. The number of amides is 2. The van der Waals surface area contributed by atoms with Crippen molar-refractivity contribution in [2.45, 2.75) is 18.9 Å². The zero-order valence-electron chi connectivity index (χ0n) is 11.9. The lowest BCUT2D eigenvalue weighted by atomic mass is 10.1. The molecule has 0 saturated carbocycles. The Morgan fingerprint density at radius 3 is 2.78 bits per heavy atom. The van der Waals surface area contributed by atoms with E-state index in [0.29, 0.717) is 17.0 Å². The maximum atomic E-state index is 11.8. The minimum Gasteiger partial charge on any atom is -0.480 e. The number of anilines is 1. The number of aliphatic carboxylic acids is 1. The summed E-state index contributed by atoms with van der Waals surface area (Å²) in [5, 5.41) is 14.1. The summed E-state index contributed by atoms with van der Waals surface area (Å²) in [5.41, 5.74) is 5.94. The van der Waals surface area contributed by atoms with E-state index in [9.17, 15) is 14.4 Å². The first kappa shape index (κ1) is 16.1. The zero-order chi connectivity index (χ0) is 16.8. The highest BCUT2D eigenvalue weighted by Gasteiger charge is 2.20. The number of aromatic nitrogens is 4. The van der Waals surface area contributed by atoms with E-state index < -0.39 is 23.8 Å². The van der Waals surface area contributed by atoms with Crippen LogP contribution in [0.1, 0.15) is 12.8 Å². The van der Waals surface area contributed by atoms with Gasteiger partial charge in [-0.05, 0) is 6.42 Å². The average molecular weight is 321 g/mol. The van der Waals surface area contributed by atoms with Crippen molar-refractivity contribution in [2.75, 3.05) is 11.9 Å². The quantitative estimate of drug-likeness (QED) is 0.394. The maximum absolute atomic E-state index is 11.8. The molecule has 0 spiro atoms. The van der Waals surface area contributed by atoms with Gasteiger partial charge in [0.2, 0.25) is 11.8 Å². The third-order valence-corrected chi connectivity index (χ3v) is 2.95. The number of imidazole rings is 1. The monoisotopic (exact) mass is 321 g/mol. The minimum atomic E-state index is -1.24. The van der Waals surface area contributed by atoms with Gasteiger partial charge < -0.3 is 26.5 Å². The number of hydrogen-bond acceptors (Lipinski definition) is 7. The molecule has 2 aromatic heterocycles. The van der Waals surface area contributed by atoms with Gasteiger partial charge in [-0.25, -0.2) is 19.7 Å². The third kappa shape index (κ3) is 4.36. The number of hydrogen-bond donors (Lipinski definition) is 5. The average Bonchev–Trinajstić information content (AvgIpc) is 2.97. The highest BCUT2D eigenvalue weighted by molar-refractivity contribution is 5.88. The fraction of sp³-hybridized carbons (Fsp3) is 0.333. The Kier molecular flexibility index (Phi) is 5.02. The van der Waals surface area contributed by atoms with Crippen molar-refractivity contribution >= 4 is 34.8 Å². The van der Waals surface area contributed by atoms with Gasteiger partial charge in [0, 0.05) is 6.42 Å². The van der Waals surface area contributed by atoms with E-state index in [1.807, 2.05) is 0 Å². The molecule has 2 aromatic rings. The summed E-state index contributed by atoms with van der Waals surface area (Å²) in [6.07, 6.45) is 2.52. The number of rotatable bonds is 8. The van der Waals surface area contributed by atoms with Crippen LogP contribution in [0, 0.1) is 0 Å². The molecular formula is C12H15N7O4. The number of H-pyrrole nitrogens is 1. The van der Waals surface area contributed by atoms with Gasteiger partial charge in [-0.1, -0.05) is 0 Å². The summed E-state index contributed by atoms with van der Waals surface area (Å²) in [5.74, 6) is -2.07. The molecule has 0 aromatic carbocycles. The molecule has 2 amide bonds. The van der Waals surface area contributed by atoms with E-state index in [-0.39, 0.29) is 19.4 Å². The van der Waals surface area contributed by atoms with Gasteiger partial charge in [0.15, 0.2) is 11.5 Å². The van der Waals surface area contributed by atoms with E-state index in [2.05, 4.69) is 30.6 Å². The van der Waals surface area contributed by atoms with Gasteiger partial charge >= 0.3 is 5.97 Å². The molecule has 11 heteroatoms. The van der Waals surface area contributed by atoms with Crippen molar-refractivity contribution in [3.63, 3.8) is 0 Å². The Labute approximate surface area is 129 Å². The van der Waals surface area contributed by atoms with Crippen molar-refractivity contribution in [3.8, 4) is 0 Å². The van der Waals surface area contributed by atoms with Crippen molar-refractivity contribution in [1.29, 1.82) is 0 Å². The second-order valence-electron chi connectivity index (χ2n) is 4.64. The van der Waals surface area contributed by atoms with Crippen molar-refractivity contribution < 1.29 is 19.5 Å². The molecule has 0 radical (unpaired) electrons. The van der Waals surface area contributed by atoms with Gasteiger partial charge in [-0.2, -0.15) is 0 Å². The Balaban J connectivity index is 1.92. The number of nitrogens with zero attached hydrogens (tertiary/aromatic N) is 3. The second kappa shape index (κ2) is 7.15. The number of aromatic amines is 1. The Morgan fingerprint density at radius 2 is 2.09 bits per heavy atom. The maximum Gasteiger partial charge on any atom is 0.326 e. The number of nitrogens with one attached hydrogen (secondary N) is 3. The predicted molar refractivity (Wildman–Crippen MR) is 78.2 cm³/mol. The normalized spacial score (nSPS) is 11.8. The smallest absolute Gasteiger partial charge is 0.326 e. The van der Waals surface area contributed by atoms with Crippen molar-refractivity contribution in [3.05, 3.63) is 12.7 Å². The molecule has 1 atom stereocenters. The van der Waals surface area contributed by atoms with E-state index in [0.717, 1.165) is 0 Å². The van der Waals surface area contributed by atoms with E-state index >= 15 is 0 Å². The predicted octanol–water partition coefficient (Wildman–Crippen LogP) is -1.40. The van der Waals surface area contributed by atoms with Gasteiger partial charge in [0.05, 0.1) is 12.9 Å². The van der Waals surface area contributed by atoms with Crippen LogP contribution in [-0.2, 0) is 14.4 Å². The lowest BCUT2D eigenvalue weighted by Gasteiger charge is -2.14. The summed E-state index contributed by atoms with van der Waals surface area (Å²) in [4.78, 5) is 48.2. The Bertz CT molecular complexity index is 729. The molecule has 122 valence electrons. The molecule has 0 unspecified atom stereocenters. The third-order valence-electron chi connectivity index (χ3n) is 2.95. The second-order valence-corrected chi connectivity index (χ2v) is 4.64. The van der Waals surface area contributed by atoms with Crippen LogP contribution in [0.25, 0.3) is 11.2 Å². The van der Waals surface area contributed by atoms with Crippen LogP contribution in [0.3, 0.4) is 0 Å². The van der Waals surface area contributed by atoms with Crippen molar-refractivity contribution in [1.82, 2.24) is 25.3 Å². The number of primary amides is 1. The number of carbonyl (C=O) groups is 3. The molecule has 0 bridgehead atoms. The molecular weight excluding hydrogens is 306 g/mol. The van der Waals surface area contributed by atoms with Gasteiger partial charge in [0.25, 0.3) is 0 Å². The summed E-state index contributed by atoms with van der Waals surface area (Å²) < 4.78 is 0. The Hall–Kier alpha value is -3.24. The van der Waals surface area contributed by atoms with Crippen LogP contribution in [0.15, 0.2) is 12.7 Å². The molecule has 6 N–H and O–H groups in total. The van der Waals surface area contributed by atoms with E-state index in [1.165, 1.54) is 12.7 Å². The molecule has 0 saturated heterocycles. The fourth-order valence-corrected chi connectivity index (χ4v) is 1.85. The van der Waals surface area contributed by atoms with Crippen LogP contribution >= 0.6 is 0 Å². The lowest BCUT2D eigenvalue weighted by Crippen LogP contribution is -2.43. The van der Waals surface area contributed by atoms with Gasteiger partial charge in [-0.3, -0.25) is 9.59 Å². The molecule has 2 heterocycles. The molecule has 0 aliphatic rings. The van der Waals surface area contributed by atoms with E-state index in [1.54, 1.807) is 0 Å². The molecule has 23 heavy (non-hydrogen) atoms. The highest BCUT2D eigenvalue weighted by atomic mass is 16.4. The standard InChI is InChI=1S/C12H15N7O4/c13-7(20)2-1-6(12(22)23)19-8(21)3-14-10-9-11(16-4-15-9)18-5-17-10/h4-6H,1-3H2,(H2,13,20)(H,19,21)(H,22,23)(H2,14,15,16,17,18)/t6-/m0/s1. The first-order valence-electron chi connectivity index (χ1n) is 6.66. The topological polar surface area (TPSA) is 176 Å². The van der Waals surface area contributed by atoms with Crippen LogP contribution in [0.5, 0.6) is 0 Å². The van der Waals surface area contributed by atoms with Gasteiger partial charge in [0.1, 0.15) is 17.9 Å². The first-order chi connectivity index (χ1) is 11.0. The Morgan fingerprint density at radius 1 is 1.30 bits per heavy atom. The number of carboxylic acids is 1. The summed E-state index contributed by atoms with van der Waals surface area (Å²) in [7, 11) is 0. The lowest BCUT2D eigenvalue weighted by molar-refractivity contribution is -0.141. The first-order valence-corrected chi connectivity index (χ1v) is 6.66. The van der Waals surface area contributed by atoms with Crippen LogP contribution in [0.4, 0.5) is 5.82 Å². The molecule has 11 nitrogen and oxygen atoms in total. The van der Waals surface area contributed by atoms with Crippen molar-refractivity contribution in [2.24, 2.45) is 5.73 Å². The summed E-state index contributed by atoms with van der Waals surface area (Å²) in [6.45, 7) is -0.203. The minimum absolute atomic E-state index is 0.0747. The molecule has 0 aliphatic heterocycles. The molecule has 0 fully saturated rings. The van der Waals surface area contributed by atoms with Crippen LogP contribution < -0.4 is 16.4 Å². The number of carbonyl (C=O) groups excluding carboxylic acids is 2.